The molecule has 0 aliphatic heterocycles. The summed E-state index contributed by atoms with van der Waals surface area (Å²) in [5, 5.41) is 8.47. The van der Waals surface area contributed by atoms with E-state index in [9.17, 15) is 4.79 Å². The Bertz CT molecular complexity index is 125. The predicted molar refractivity (Wildman–Crippen MR) is 41.3 cm³/mol. The van der Waals surface area contributed by atoms with E-state index in [1.807, 2.05) is 0 Å². The molecule has 0 saturated carbocycles. The lowest BCUT2D eigenvalue weighted by atomic mass is 10.5. The van der Waals surface area contributed by atoms with Gasteiger partial charge in [0.15, 0.2) is 0 Å². The van der Waals surface area contributed by atoms with Crippen LogP contribution in [0, 0.1) is 0 Å². The van der Waals surface area contributed by atoms with Crippen LogP contribution < -0.4 is 0 Å². The molecule has 1 N–H and O–H groups in total. The second-order valence-electron chi connectivity index (χ2n) is 2.58. The molecule has 4 nitrogen and oxygen atoms in total. The van der Waals surface area contributed by atoms with E-state index in [0.29, 0.717) is 6.54 Å². The maximum absolute atomic E-state index is 10.9. The van der Waals surface area contributed by atoms with Crippen LogP contribution in [-0.4, -0.2) is 42.4 Å². The maximum Gasteiger partial charge on any atom is 0.409 e. The van der Waals surface area contributed by atoms with Crippen molar-refractivity contribution >= 4 is 6.09 Å². The van der Waals surface area contributed by atoms with Crippen LogP contribution in [0.4, 0.5) is 4.79 Å². The van der Waals surface area contributed by atoms with Crippen molar-refractivity contribution in [3.63, 3.8) is 0 Å². The summed E-state index contributed by atoms with van der Waals surface area (Å²) >= 11 is 0. The number of aliphatic hydroxyl groups excluding tert-OH is 1. The first-order valence-electron chi connectivity index (χ1n) is 3.60. The van der Waals surface area contributed by atoms with Gasteiger partial charge in [0.05, 0.1) is 12.7 Å². The second kappa shape index (κ2) is 4.96. The molecule has 0 saturated heterocycles. The molecule has 0 radical (unpaired) electrons. The Hall–Kier alpha value is -0.770. The molecule has 0 atom stereocenters. The van der Waals surface area contributed by atoms with Gasteiger partial charge in [-0.25, -0.2) is 4.79 Å². The highest BCUT2D eigenvalue weighted by molar-refractivity contribution is 5.67. The molecule has 0 fully saturated rings. The van der Waals surface area contributed by atoms with Gasteiger partial charge in [-0.2, -0.15) is 0 Å². The van der Waals surface area contributed by atoms with Crippen molar-refractivity contribution in [1.29, 1.82) is 0 Å². The Kier molecular flexibility index (Phi) is 4.61. The summed E-state index contributed by atoms with van der Waals surface area (Å²) < 4.78 is 4.84. The Balaban J connectivity index is 3.64. The van der Waals surface area contributed by atoms with Gasteiger partial charge in [0.2, 0.25) is 0 Å². The van der Waals surface area contributed by atoms with Crippen LogP contribution in [0.5, 0.6) is 0 Å². The number of ether oxygens (including phenoxy) is 1. The van der Waals surface area contributed by atoms with Crippen LogP contribution in [0.3, 0.4) is 0 Å². The van der Waals surface area contributed by atoms with E-state index in [1.54, 1.807) is 20.9 Å². The summed E-state index contributed by atoms with van der Waals surface area (Å²) in [4.78, 5) is 12.3. The molecule has 66 valence electrons. The highest BCUT2D eigenvalue weighted by Crippen LogP contribution is 1.94. The normalized spacial score (nSPS) is 9.91. The monoisotopic (exact) mass is 161 g/mol. The molecule has 11 heavy (non-hydrogen) atoms. The predicted octanol–water partition coefficient (Wildman–Crippen LogP) is 0.455. The van der Waals surface area contributed by atoms with Gasteiger partial charge in [0.1, 0.15) is 0 Å². The van der Waals surface area contributed by atoms with Gasteiger partial charge < -0.3 is 14.7 Å². The molecule has 0 unspecified atom stereocenters. The number of aliphatic hydroxyl groups is 1. The van der Waals surface area contributed by atoms with Gasteiger partial charge in [-0.05, 0) is 13.8 Å². The summed E-state index contributed by atoms with van der Waals surface area (Å²) in [5.41, 5.74) is 0. The molecular weight excluding hydrogens is 146 g/mol. The summed E-state index contributed by atoms with van der Waals surface area (Å²) in [7, 11) is 1.58. The molecule has 0 aromatic heterocycles. The van der Waals surface area contributed by atoms with Crippen LogP contribution in [0.2, 0.25) is 0 Å². The molecule has 0 aliphatic rings. The quantitative estimate of drug-likeness (QED) is 0.654. The minimum Gasteiger partial charge on any atom is -0.447 e. The number of rotatable bonds is 3. The average molecular weight is 161 g/mol. The zero-order chi connectivity index (χ0) is 8.85. The summed E-state index contributed by atoms with van der Waals surface area (Å²) in [6.07, 6.45) is -0.502. The Morgan fingerprint density at radius 1 is 1.64 bits per heavy atom. The molecule has 0 aromatic carbocycles. The highest BCUT2D eigenvalue weighted by atomic mass is 16.6. The van der Waals surface area contributed by atoms with E-state index in [-0.39, 0.29) is 12.7 Å². The fraction of sp³-hybridized carbons (Fsp3) is 0.857. The third-order valence-electron chi connectivity index (χ3n) is 1.08. The second-order valence-corrected chi connectivity index (χ2v) is 2.58. The summed E-state index contributed by atoms with van der Waals surface area (Å²) in [6, 6.07) is 0. The van der Waals surface area contributed by atoms with Crippen molar-refractivity contribution in [1.82, 2.24) is 4.90 Å². The number of nitrogens with zero attached hydrogens (tertiary/aromatic N) is 1. The molecule has 1 amide bonds. The van der Waals surface area contributed by atoms with Crippen molar-refractivity contribution in [2.45, 2.75) is 20.0 Å². The number of hydrogen-bond donors (Lipinski definition) is 1. The summed E-state index contributed by atoms with van der Waals surface area (Å²) in [5.74, 6) is 0. The lowest BCUT2D eigenvalue weighted by Gasteiger charge is -2.17. The van der Waals surface area contributed by atoms with E-state index in [2.05, 4.69) is 0 Å². The van der Waals surface area contributed by atoms with Crippen molar-refractivity contribution < 1.29 is 14.6 Å². The highest BCUT2D eigenvalue weighted by Gasteiger charge is 2.09. The van der Waals surface area contributed by atoms with Crippen molar-refractivity contribution in [2.75, 3.05) is 20.2 Å². The third kappa shape index (κ3) is 4.61. The van der Waals surface area contributed by atoms with Gasteiger partial charge in [-0.15, -0.1) is 0 Å². The fourth-order valence-corrected chi connectivity index (χ4v) is 0.533. The smallest absolute Gasteiger partial charge is 0.409 e. The topological polar surface area (TPSA) is 49.8 Å². The largest absolute Gasteiger partial charge is 0.447 e. The van der Waals surface area contributed by atoms with Crippen LogP contribution in [0.15, 0.2) is 0 Å². The molecule has 0 spiro atoms. The van der Waals surface area contributed by atoms with Gasteiger partial charge in [-0.1, -0.05) is 0 Å². The van der Waals surface area contributed by atoms with Crippen LogP contribution in [-0.2, 0) is 4.74 Å². The number of carbonyl (C=O) groups is 1. The molecule has 0 aliphatic carbocycles. The molecular formula is C7H15NO3. The van der Waals surface area contributed by atoms with Gasteiger partial charge in [0, 0.05) is 13.6 Å². The minimum atomic E-state index is -0.394. The number of hydrogen-bond acceptors (Lipinski definition) is 3. The van der Waals surface area contributed by atoms with E-state index in [0.717, 1.165) is 0 Å². The minimum absolute atomic E-state index is 0.0380. The van der Waals surface area contributed by atoms with Crippen molar-refractivity contribution in [2.24, 2.45) is 0 Å². The third-order valence-corrected chi connectivity index (χ3v) is 1.08. The lowest BCUT2D eigenvalue weighted by Crippen LogP contribution is -2.31. The van der Waals surface area contributed by atoms with Crippen LogP contribution in [0.25, 0.3) is 0 Å². The first kappa shape index (κ1) is 10.2. The zero-order valence-corrected chi connectivity index (χ0v) is 7.20. The summed E-state index contributed by atoms with van der Waals surface area (Å²) in [6.45, 7) is 3.84. The molecule has 0 rings (SSSR count). The molecule has 0 heterocycles. The molecule has 4 heteroatoms. The maximum atomic E-state index is 10.9. The molecule has 0 aromatic rings. The zero-order valence-electron chi connectivity index (χ0n) is 7.20. The Labute approximate surface area is 66.8 Å². The first-order chi connectivity index (χ1) is 5.07. The Morgan fingerprint density at radius 2 is 2.18 bits per heavy atom. The van der Waals surface area contributed by atoms with Crippen LogP contribution >= 0.6 is 0 Å². The number of amides is 1. The van der Waals surface area contributed by atoms with Gasteiger partial charge in [0.25, 0.3) is 0 Å². The van der Waals surface area contributed by atoms with Gasteiger partial charge >= 0.3 is 6.09 Å². The SMILES string of the molecule is CC(C)OC(=O)N(C)CCO. The number of likely N-dealkylation sites (N-methyl/N-ethyl adjacent to an activating group) is 1. The van der Waals surface area contributed by atoms with Crippen molar-refractivity contribution in [3.05, 3.63) is 0 Å². The van der Waals surface area contributed by atoms with E-state index >= 15 is 0 Å². The lowest BCUT2D eigenvalue weighted by molar-refractivity contribution is 0.0788. The van der Waals surface area contributed by atoms with Crippen molar-refractivity contribution in [3.8, 4) is 0 Å². The molecule has 0 bridgehead atoms. The Morgan fingerprint density at radius 3 is 2.55 bits per heavy atom. The van der Waals surface area contributed by atoms with Crippen LogP contribution in [0.1, 0.15) is 13.8 Å². The van der Waals surface area contributed by atoms with E-state index in [1.165, 1.54) is 4.90 Å². The first-order valence-corrected chi connectivity index (χ1v) is 3.60. The average Bonchev–Trinajstić information content (AvgIpc) is 1.86. The van der Waals surface area contributed by atoms with Gasteiger partial charge in [-0.3, -0.25) is 0 Å². The van der Waals surface area contributed by atoms with E-state index < -0.39 is 6.09 Å². The fourth-order valence-electron chi connectivity index (χ4n) is 0.533. The van der Waals surface area contributed by atoms with E-state index in [4.69, 9.17) is 9.84 Å². The number of carbonyl (C=O) groups excluding carboxylic acids is 1. The standard InChI is InChI=1S/C7H15NO3/c1-6(2)11-7(10)8(3)4-5-9/h6,9H,4-5H2,1-3H3.